The maximum Gasteiger partial charge on any atom is 0.184 e. The molecule has 0 bridgehead atoms. The van der Waals surface area contributed by atoms with Crippen LogP contribution in [0.1, 0.15) is 11.9 Å². The minimum absolute atomic E-state index is 0.0643. The van der Waals surface area contributed by atoms with Gasteiger partial charge in [-0.15, -0.1) is 0 Å². The van der Waals surface area contributed by atoms with Crippen LogP contribution in [0.15, 0.2) is 42.7 Å². The summed E-state index contributed by atoms with van der Waals surface area (Å²) >= 11 is 0. The number of benzene rings is 1. The van der Waals surface area contributed by atoms with Gasteiger partial charge in [-0.1, -0.05) is 30.3 Å². The molecule has 1 aromatic rings. The molecule has 0 radical (unpaired) electrons. The van der Waals surface area contributed by atoms with Gasteiger partial charge in [0.2, 0.25) is 0 Å². The van der Waals surface area contributed by atoms with E-state index in [0.29, 0.717) is 6.61 Å². The zero-order chi connectivity index (χ0) is 14.9. The second kappa shape index (κ2) is 5.92. The largest absolute Gasteiger partial charge is 0.493 e. The first kappa shape index (κ1) is 14.8. The Morgan fingerprint density at radius 3 is 2.62 bits per heavy atom. The molecule has 1 saturated heterocycles. The molecule has 0 aromatic heterocycles. The average molecular weight is 306 g/mol. The van der Waals surface area contributed by atoms with E-state index in [1.807, 2.05) is 36.4 Å². The predicted octanol–water partition coefficient (Wildman–Crippen LogP) is 3.23. The van der Waals surface area contributed by atoms with E-state index in [2.05, 4.69) is 19.6 Å². The summed E-state index contributed by atoms with van der Waals surface area (Å²) in [5.74, 6) is 0. The molecule has 1 fully saturated rings. The summed E-state index contributed by atoms with van der Waals surface area (Å²) < 4.78 is 23.8. The lowest BCUT2D eigenvalue weighted by Crippen LogP contribution is -2.52. The van der Waals surface area contributed by atoms with E-state index in [4.69, 9.17) is 18.6 Å². The molecule has 3 rings (SSSR count). The zero-order valence-corrected chi connectivity index (χ0v) is 13.7. The van der Waals surface area contributed by atoms with Crippen LogP contribution in [-0.4, -0.2) is 33.2 Å². The van der Waals surface area contributed by atoms with Crippen LogP contribution in [0.3, 0.4) is 0 Å². The maximum atomic E-state index is 6.22. The SMILES string of the molecule is C[Si](C)(C)O[C@@H]1C=CO[C@@H]2CO[C@@H](c3ccccc3)O[C@@H]12. The number of rotatable bonds is 3. The highest BCUT2D eigenvalue weighted by molar-refractivity contribution is 6.69. The number of hydrogen-bond acceptors (Lipinski definition) is 4. The molecule has 0 N–H and O–H groups in total. The van der Waals surface area contributed by atoms with Crippen LogP contribution in [0.5, 0.6) is 0 Å². The summed E-state index contributed by atoms with van der Waals surface area (Å²) in [6.45, 7) is 7.05. The Morgan fingerprint density at radius 2 is 1.90 bits per heavy atom. The van der Waals surface area contributed by atoms with Gasteiger partial charge in [0.1, 0.15) is 6.10 Å². The molecule has 114 valence electrons. The molecular formula is C16H22O4Si. The standard InChI is InChI=1S/C16H22O4Si/c1-21(2,3)20-13-9-10-17-14-11-18-16(19-15(13)14)12-7-5-4-6-8-12/h4-10,13-16H,11H2,1-3H3/t13-,14-,15+,16-/m1/s1. The van der Waals surface area contributed by atoms with E-state index < -0.39 is 8.32 Å². The number of fused-ring (bicyclic) bond motifs is 1. The molecule has 2 heterocycles. The molecule has 21 heavy (non-hydrogen) atoms. The van der Waals surface area contributed by atoms with E-state index in [1.54, 1.807) is 6.26 Å². The molecule has 4 nitrogen and oxygen atoms in total. The third kappa shape index (κ3) is 3.55. The molecule has 4 atom stereocenters. The lowest BCUT2D eigenvalue weighted by molar-refractivity contribution is -0.274. The van der Waals surface area contributed by atoms with Crippen LogP contribution in [0.2, 0.25) is 19.6 Å². The quantitative estimate of drug-likeness (QED) is 0.803. The highest BCUT2D eigenvalue weighted by Gasteiger charge is 2.41. The van der Waals surface area contributed by atoms with Crippen molar-refractivity contribution in [2.24, 2.45) is 0 Å². The first-order valence-electron chi connectivity index (χ1n) is 7.35. The summed E-state index contributed by atoms with van der Waals surface area (Å²) in [6.07, 6.45) is 3.02. The summed E-state index contributed by atoms with van der Waals surface area (Å²) in [5.41, 5.74) is 1.03. The van der Waals surface area contributed by atoms with Crippen LogP contribution in [0.4, 0.5) is 0 Å². The molecule has 2 aliphatic heterocycles. The van der Waals surface area contributed by atoms with Crippen molar-refractivity contribution in [2.45, 2.75) is 44.2 Å². The molecule has 0 aliphatic carbocycles. The van der Waals surface area contributed by atoms with Gasteiger partial charge in [0, 0.05) is 5.56 Å². The van der Waals surface area contributed by atoms with Crippen molar-refractivity contribution in [1.29, 1.82) is 0 Å². The van der Waals surface area contributed by atoms with Gasteiger partial charge in [0.15, 0.2) is 20.7 Å². The maximum absolute atomic E-state index is 6.22. The highest BCUT2D eigenvalue weighted by Crippen LogP contribution is 2.33. The normalized spacial score (nSPS) is 32.3. The molecular weight excluding hydrogens is 284 g/mol. The van der Waals surface area contributed by atoms with Crippen LogP contribution in [-0.2, 0) is 18.6 Å². The monoisotopic (exact) mass is 306 g/mol. The lowest BCUT2D eigenvalue weighted by atomic mass is 10.0. The summed E-state index contributed by atoms with van der Waals surface area (Å²) in [7, 11) is -1.65. The van der Waals surface area contributed by atoms with E-state index in [1.165, 1.54) is 0 Å². The summed E-state index contributed by atoms with van der Waals surface area (Å²) in [6, 6.07) is 9.99. The molecule has 5 heteroatoms. The average Bonchev–Trinajstić information content (AvgIpc) is 2.47. The van der Waals surface area contributed by atoms with Crippen molar-refractivity contribution < 1.29 is 18.6 Å². The smallest absolute Gasteiger partial charge is 0.184 e. The number of hydrogen-bond donors (Lipinski definition) is 0. The zero-order valence-electron chi connectivity index (χ0n) is 12.7. The van der Waals surface area contributed by atoms with Crippen LogP contribution in [0.25, 0.3) is 0 Å². The Kier molecular flexibility index (Phi) is 4.17. The Labute approximate surface area is 126 Å². The molecule has 0 unspecified atom stereocenters. The van der Waals surface area contributed by atoms with Crippen molar-refractivity contribution in [3.8, 4) is 0 Å². The van der Waals surface area contributed by atoms with Gasteiger partial charge in [-0.25, -0.2) is 0 Å². The molecule has 0 amide bonds. The topological polar surface area (TPSA) is 36.9 Å². The second-order valence-corrected chi connectivity index (χ2v) is 10.8. The van der Waals surface area contributed by atoms with Crippen LogP contribution in [0, 0.1) is 0 Å². The van der Waals surface area contributed by atoms with Gasteiger partial charge in [0.25, 0.3) is 0 Å². The first-order chi connectivity index (χ1) is 10.0. The fourth-order valence-electron chi connectivity index (χ4n) is 2.59. The molecule has 0 spiro atoms. The Balaban J connectivity index is 1.75. The third-order valence-corrected chi connectivity index (χ3v) is 4.45. The van der Waals surface area contributed by atoms with Crippen molar-refractivity contribution in [2.75, 3.05) is 6.61 Å². The highest BCUT2D eigenvalue weighted by atomic mass is 28.4. The van der Waals surface area contributed by atoms with Crippen molar-refractivity contribution in [1.82, 2.24) is 0 Å². The van der Waals surface area contributed by atoms with E-state index in [-0.39, 0.29) is 24.6 Å². The van der Waals surface area contributed by atoms with Gasteiger partial charge in [0.05, 0.1) is 19.0 Å². The fourth-order valence-corrected chi connectivity index (χ4v) is 3.61. The summed E-state index contributed by atoms with van der Waals surface area (Å²) in [5, 5.41) is 0. The van der Waals surface area contributed by atoms with Gasteiger partial charge in [-0.2, -0.15) is 0 Å². The Bertz CT molecular complexity index is 497. The van der Waals surface area contributed by atoms with Crippen LogP contribution >= 0.6 is 0 Å². The first-order valence-corrected chi connectivity index (χ1v) is 10.8. The van der Waals surface area contributed by atoms with E-state index in [9.17, 15) is 0 Å². The second-order valence-electron chi connectivity index (χ2n) is 6.37. The minimum atomic E-state index is -1.65. The minimum Gasteiger partial charge on any atom is -0.493 e. The van der Waals surface area contributed by atoms with E-state index >= 15 is 0 Å². The lowest BCUT2D eigenvalue weighted by Gasteiger charge is -2.42. The van der Waals surface area contributed by atoms with E-state index in [0.717, 1.165) is 5.56 Å². The van der Waals surface area contributed by atoms with Gasteiger partial charge < -0.3 is 18.6 Å². The third-order valence-electron chi connectivity index (χ3n) is 3.47. The van der Waals surface area contributed by atoms with Gasteiger partial charge in [-0.3, -0.25) is 0 Å². The molecule has 2 aliphatic rings. The number of ether oxygens (including phenoxy) is 3. The van der Waals surface area contributed by atoms with Crippen LogP contribution < -0.4 is 0 Å². The molecule has 0 saturated carbocycles. The molecule has 1 aromatic carbocycles. The Morgan fingerprint density at radius 1 is 1.14 bits per heavy atom. The summed E-state index contributed by atoms with van der Waals surface area (Å²) in [4.78, 5) is 0. The Hall–Kier alpha value is -1.14. The predicted molar refractivity (Wildman–Crippen MR) is 82.2 cm³/mol. The van der Waals surface area contributed by atoms with Gasteiger partial charge in [-0.05, 0) is 25.7 Å². The van der Waals surface area contributed by atoms with Crippen molar-refractivity contribution >= 4 is 8.32 Å². The van der Waals surface area contributed by atoms with Crippen molar-refractivity contribution in [3.63, 3.8) is 0 Å². The van der Waals surface area contributed by atoms with Crippen molar-refractivity contribution in [3.05, 3.63) is 48.2 Å². The van der Waals surface area contributed by atoms with Gasteiger partial charge >= 0.3 is 0 Å². The fraction of sp³-hybridized carbons (Fsp3) is 0.500.